The molecule has 5 nitrogen and oxygen atoms in total. The predicted molar refractivity (Wildman–Crippen MR) is 102 cm³/mol. The third-order valence-electron chi connectivity index (χ3n) is 3.91. The molecule has 0 aliphatic rings. The number of hydrogen-bond acceptors (Lipinski definition) is 5. The van der Waals surface area contributed by atoms with E-state index in [-0.39, 0.29) is 18.0 Å². The Morgan fingerprint density at radius 2 is 1.85 bits per heavy atom. The number of ketones is 1. The number of benzene rings is 2. The quantitative estimate of drug-likeness (QED) is 0.397. The van der Waals surface area contributed by atoms with E-state index in [2.05, 4.69) is 6.92 Å². The van der Waals surface area contributed by atoms with E-state index in [1.807, 2.05) is 24.3 Å². The van der Waals surface area contributed by atoms with Gasteiger partial charge in [0.15, 0.2) is 18.1 Å². The van der Waals surface area contributed by atoms with Crippen LogP contribution in [0.5, 0.6) is 11.5 Å². The molecule has 0 unspecified atom stereocenters. The Labute approximate surface area is 159 Å². The van der Waals surface area contributed by atoms with Crippen LogP contribution in [0, 0.1) is 22.7 Å². The van der Waals surface area contributed by atoms with Gasteiger partial charge in [0.25, 0.3) is 0 Å². The zero-order valence-electron chi connectivity index (χ0n) is 15.4. The largest absolute Gasteiger partial charge is 0.493 e. The lowest BCUT2D eigenvalue weighted by atomic mass is 10.00. The molecule has 0 amide bonds. The van der Waals surface area contributed by atoms with Gasteiger partial charge in [0.2, 0.25) is 5.78 Å². The minimum atomic E-state index is -0.329. The summed E-state index contributed by atoms with van der Waals surface area (Å²) in [5, 5.41) is 18.0. The molecule has 2 rings (SSSR count). The molecule has 0 bridgehead atoms. The average Bonchev–Trinajstić information content (AvgIpc) is 2.71. The normalized spacial score (nSPS) is 10.6. The van der Waals surface area contributed by atoms with Gasteiger partial charge in [-0.15, -0.1) is 0 Å². The second-order valence-electron chi connectivity index (χ2n) is 5.80. The highest BCUT2D eigenvalue weighted by molar-refractivity contribution is 6.14. The first kappa shape index (κ1) is 19.8. The number of aryl methyl sites for hydroxylation is 1. The highest BCUT2D eigenvalue weighted by Crippen LogP contribution is 2.29. The van der Waals surface area contributed by atoms with Crippen LogP contribution in [0.2, 0.25) is 0 Å². The highest BCUT2D eigenvalue weighted by Gasteiger charge is 2.13. The number of allylic oxidation sites excluding steroid dienone is 1. The smallest absolute Gasteiger partial charge is 0.203 e. The van der Waals surface area contributed by atoms with Crippen LogP contribution >= 0.6 is 0 Å². The van der Waals surface area contributed by atoms with Crippen molar-refractivity contribution in [3.63, 3.8) is 0 Å². The number of nitriles is 2. The van der Waals surface area contributed by atoms with Gasteiger partial charge in [0.1, 0.15) is 17.7 Å². The summed E-state index contributed by atoms with van der Waals surface area (Å²) in [4.78, 5) is 12.6. The first-order valence-electron chi connectivity index (χ1n) is 8.56. The van der Waals surface area contributed by atoms with E-state index >= 15 is 0 Å². The molecule has 0 saturated heterocycles. The van der Waals surface area contributed by atoms with Crippen LogP contribution in [0.4, 0.5) is 0 Å². The Balaban J connectivity index is 2.28. The average molecular weight is 360 g/mol. The molecule has 2 aromatic rings. The first-order chi connectivity index (χ1) is 13.1. The van der Waals surface area contributed by atoms with Gasteiger partial charge in [0, 0.05) is 5.56 Å². The number of nitrogens with zero attached hydrogens (tertiary/aromatic N) is 2. The van der Waals surface area contributed by atoms with Gasteiger partial charge in [-0.05, 0) is 35.8 Å². The molecule has 136 valence electrons. The molecule has 0 radical (unpaired) electrons. The lowest BCUT2D eigenvalue weighted by molar-refractivity contribution is 0.104. The lowest BCUT2D eigenvalue weighted by Gasteiger charge is -2.09. The molecular formula is C22H20N2O3. The molecule has 5 heteroatoms. The summed E-state index contributed by atoms with van der Waals surface area (Å²) in [5.74, 6) is 0.518. The van der Waals surface area contributed by atoms with Crippen LogP contribution in [0.1, 0.15) is 34.8 Å². The van der Waals surface area contributed by atoms with Crippen molar-refractivity contribution in [2.45, 2.75) is 19.8 Å². The molecule has 0 saturated carbocycles. The summed E-state index contributed by atoms with van der Waals surface area (Å²) in [5.41, 5.74) is 2.30. The summed E-state index contributed by atoms with van der Waals surface area (Å²) < 4.78 is 10.5. The van der Waals surface area contributed by atoms with Crippen LogP contribution in [0.3, 0.4) is 0 Å². The van der Waals surface area contributed by atoms with Crippen molar-refractivity contribution in [1.82, 2.24) is 0 Å². The fraction of sp³-hybridized carbons (Fsp3) is 0.227. The first-order valence-corrected chi connectivity index (χ1v) is 8.56. The number of ether oxygens (including phenoxy) is 2. The summed E-state index contributed by atoms with van der Waals surface area (Å²) in [6, 6.07) is 16.2. The van der Waals surface area contributed by atoms with Gasteiger partial charge >= 0.3 is 0 Å². The van der Waals surface area contributed by atoms with Gasteiger partial charge in [-0.25, -0.2) is 0 Å². The highest BCUT2D eigenvalue weighted by atomic mass is 16.5. The molecule has 27 heavy (non-hydrogen) atoms. The van der Waals surface area contributed by atoms with Crippen molar-refractivity contribution in [3.8, 4) is 23.6 Å². The van der Waals surface area contributed by atoms with Crippen molar-refractivity contribution >= 4 is 11.9 Å². The van der Waals surface area contributed by atoms with Crippen molar-refractivity contribution in [2.75, 3.05) is 13.7 Å². The second-order valence-corrected chi connectivity index (χ2v) is 5.80. The van der Waals surface area contributed by atoms with Crippen molar-refractivity contribution in [3.05, 3.63) is 64.7 Å². The minimum Gasteiger partial charge on any atom is -0.493 e. The molecule has 0 fully saturated rings. The second kappa shape index (κ2) is 9.79. The third kappa shape index (κ3) is 5.20. The summed E-state index contributed by atoms with van der Waals surface area (Å²) in [6.45, 7) is 2.00. The van der Waals surface area contributed by atoms with Crippen LogP contribution < -0.4 is 9.47 Å². The van der Waals surface area contributed by atoms with Gasteiger partial charge < -0.3 is 9.47 Å². The molecule has 0 aliphatic heterocycles. The number of Topliss-reactive ketones (excluding diaryl/α,β-unsaturated/α-hetero) is 1. The summed E-state index contributed by atoms with van der Waals surface area (Å²) in [6.07, 6.45) is 3.50. The Morgan fingerprint density at radius 1 is 1.11 bits per heavy atom. The molecule has 0 aliphatic carbocycles. The van der Waals surface area contributed by atoms with E-state index < -0.39 is 0 Å². The maximum Gasteiger partial charge on any atom is 0.203 e. The fourth-order valence-corrected chi connectivity index (χ4v) is 2.59. The van der Waals surface area contributed by atoms with E-state index in [1.54, 1.807) is 30.3 Å². The Morgan fingerprint density at radius 3 is 2.44 bits per heavy atom. The van der Waals surface area contributed by atoms with Gasteiger partial charge in [-0.3, -0.25) is 4.79 Å². The maximum absolute atomic E-state index is 12.6. The third-order valence-corrected chi connectivity index (χ3v) is 3.91. The molecular weight excluding hydrogens is 340 g/mol. The van der Waals surface area contributed by atoms with Gasteiger partial charge in [-0.1, -0.05) is 43.7 Å². The number of carbonyl (C=O) groups is 1. The fourth-order valence-electron chi connectivity index (χ4n) is 2.59. The number of methoxy groups -OCH3 is 1. The Bertz CT molecular complexity index is 916. The summed E-state index contributed by atoms with van der Waals surface area (Å²) >= 11 is 0. The molecule has 0 atom stereocenters. The topological polar surface area (TPSA) is 83.1 Å². The molecule has 2 aromatic carbocycles. The minimum absolute atomic E-state index is 0.0333. The van der Waals surface area contributed by atoms with Gasteiger partial charge in [-0.2, -0.15) is 10.5 Å². The van der Waals surface area contributed by atoms with Gasteiger partial charge in [0.05, 0.1) is 7.11 Å². The Kier molecular flexibility index (Phi) is 7.16. The van der Waals surface area contributed by atoms with E-state index in [9.17, 15) is 10.1 Å². The molecule has 0 N–H and O–H groups in total. The zero-order chi connectivity index (χ0) is 19.6. The number of carbonyl (C=O) groups excluding carboxylic acids is 1. The van der Waals surface area contributed by atoms with Crippen molar-refractivity contribution in [2.24, 2.45) is 0 Å². The van der Waals surface area contributed by atoms with E-state index in [1.165, 1.54) is 13.2 Å². The van der Waals surface area contributed by atoms with Crippen molar-refractivity contribution < 1.29 is 14.3 Å². The van der Waals surface area contributed by atoms with Crippen molar-refractivity contribution in [1.29, 1.82) is 10.5 Å². The number of rotatable bonds is 8. The van der Waals surface area contributed by atoms with E-state index in [0.717, 1.165) is 18.4 Å². The maximum atomic E-state index is 12.6. The monoisotopic (exact) mass is 360 g/mol. The van der Waals surface area contributed by atoms with Crippen LogP contribution in [0.25, 0.3) is 6.08 Å². The molecule has 0 heterocycles. The predicted octanol–water partition coefficient (Wildman–Crippen LogP) is 4.34. The van der Waals surface area contributed by atoms with Crippen LogP contribution in [-0.2, 0) is 6.42 Å². The molecule has 0 spiro atoms. The number of hydrogen-bond donors (Lipinski definition) is 0. The zero-order valence-corrected chi connectivity index (χ0v) is 15.4. The van der Waals surface area contributed by atoms with E-state index in [0.29, 0.717) is 22.6 Å². The molecule has 0 aromatic heterocycles. The lowest BCUT2D eigenvalue weighted by Crippen LogP contribution is -2.02. The standard InChI is InChI=1S/C22H20N2O3/c1-3-4-16-5-8-18(9-6-16)22(25)19(15-24)13-17-7-10-20(27-12-11-23)21(14-17)26-2/h5-10,13-14H,3-4,12H2,1-2H3/b19-13+. The Hall–Kier alpha value is -3.57. The van der Waals surface area contributed by atoms with E-state index in [4.69, 9.17) is 14.7 Å². The van der Waals surface area contributed by atoms with Crippen LogP contribution in [0.15, 0.2) is 48.0 Å². The SMILES string of the molecule is CCCc1ccc(C(=O)/C(C#N)=C/c2ccc(OCC#N)c(OC)c2)cc1. The summed E-state index contributed by atoms with van der Waals surface area (Å²) in [7, 11) is 1.48. The van der Waals surface area contributed by atoms with Crippen LogP contribution in [-0.4, -0.2) is 19.5 Å².